The van der Waals surface area contributed by atoms with Crippen molar-refractivity contribution in [2.45, 2.75) is 13.0 Å². The van der Waals surface area contributed by atoms with E-state index in [9.17, 15) is 0 Å². The first-order valence-corrected chi connectivity index (χ1v) is 5.78. The van der Waals surface area contributed by atoms with Gasteiger partial charge in [-0.05, 0) is 13.0 Å². The van der Waals surface area contributed by atoms with Crippen LogP contribution in [-0.2, 0) is 0 Å². The molecule has 0 bridgehead atoms. The number of hydrogen-bond acceptors (Lipinski definition) is 5. The van der Waals surface area contributed by atoms with Gasteiger partial charge in [0.2, 0.25) is 5.95 Å². The van der Waals surface area contributed by atoms with E-state index in [0.717, 1.165) is 32.1 Å². The third kappa shape index (κ3) is 2.71. The van der Waals surface area contributed by atoms with E-state index in [-0.39, 0.29) is 11.9 Å². The van der Waals surface area contributed by atoms with Gasteiger partial charge in [0, 0.05) is 38.6 Å². The molecular weight excluding hydrogens is 216 g/mol. The molecule has 0 amide bonds. The van der Waals surface area contributed by atoms with Crippen LogP contribution in [0.1, 0.15) is 6.92 Å². The summed E-state index contributed by atoms with van der Waals surface area (Å²) in [4.78, 5) is 12.8. The highest BCUT2D eigenvalue weighted by Crippen LogP contribution is 2.11. The summed E-state index contributed by atoms with van der Waals surface area (Å²) in [5.41, 5.74) is 5.52. The van der Waals surface area contributed by atoms with Crippen molar-refractivity contribution in [2.24, 2.45) is 5.73 Å². The van der Waals surface area contributed by atoms with Crippen LogP contribution >= 0.6 is 0 Å². The fourth-order valence-electron chi connectivity index (χ4n) is 1.96. The molecule has 1 aromatic rings. The lowest BCUT2D eigenvalue weighted by molar-refractivity contribution is 0.236. The molecule has 2 rings (SSSR count). The largest absolute Gasteiger partial charge is 0.386 e. The minimum absolute atomic E-state index is 0.0221. The van der Waals surface area contributed by atoms with Gasteiger partial charge in [-0.1, -0.05) is 0 Å². The Kier molecular flexibility index (Phi) is 3.53. The molecule has 0 radical (unpaired) electrons. The van der Waals surface area contributed by atoms with Crippen LogP contribution < -0.4 is 10.6 Å². The first kappa shape index (κ1) is 11.8. The molecule has 1 aliphatic heterocycles. The summed E-state index contributed by atoms with van der Waals surface area (Å²) in [6.07, 6.45) is 3.51. The maximum absolute atomic E-state index is 7.45. The van der Waals surface area contributed by atoms with Gasteiger partial charge in [-0.3, -0.25) is 10.3 Å². The van der Waals surface area contributed by atoms with Gasteiger partial charge in [0.05, 0.1) is 6.04 Å². The predicted molar refractivity (Wildman–Crippen MR) is 67.2 cm³/mol. The van der Waals surface area contributed by atoms with Crippen LogP contribution in [-0.4, -0.2) is 52.9 Å². The van der Waals surface area contributed by atoms with Crippen LogP contribution in [0.2, 0.25) is 0 Å². The number of hydrogen-bond donors (Lipinski definition) is 2. The van der Waals surface area contributed by atoms with E-state index >= 15 is 0 Å². The third-order valence-electron chi connectivity index (χ3n) is 3.15. The van der Waals surface area contributed by atoms with Crippen LogP contribution in [0, 0.1) is 5.41 Å². The summed E-state index contributed by atoms with van der Waals surface area (Å²) in [6, 6.07) is 1.84. The Morgan fingerprint density at radius 3 is 2.41 bits per heavy atom. The Bertz CT molecular complexity index is 371. The van der Waals surface area contributed by atoms with Crippen molar-refractivity contribution < 1.29 is 0 Å². The zero-order valence-corrected chi connectivity index (χ0v) is 10.0. The number of rotatable bonds is 3. The molecule has 0 aromatic carbocycles. The molecule has 0 aliphatic carbocycles. The monoisotopic (exact) mass is 234 g/mol. The van der Waals surface area contributed by atoms with Gasteiger partial charge in [0.15, 0.2) is 0 Å². The minimum atomic E-state index is 0.0221. The molecule has 92 valence electrons. The summed E-state index contributed by atoms with van der Waals surface area (Å²) >= 11 is 0. The zero-order chi connectivity index (χ0) is 12.3. The molecule has 0 saturated carbocycles. The van der Waals surface area contributed by atoms with E-state index in [0.29, 0.717) is 0 Å². The number of nitrogens with two attached hydrogens (primary N) is 1. The molecular formula is C11H18N6. The fraction of sp³-hybridized carbons (Fsp3) is 0.545. The number of piperazine rings is 1. The van der Waals surface area contributed by atoms with E-state index in [4.69, 9.17) is 11.1 Å². The minimum Gasteiger partial charge on any atom is -0.386 e. The number of aromatic nitrogens is 2. The van der Waals surface area contributed by atoms with Crippen molar-refractivity contribution in [3.8, 4) is 0 Å². The number of nitrogens with one attached hydrogen (secondary N) is 1. The SMILES string of the molecule is CC(C(=N)N)N1CCN(c2ncccn2)CC1. The molecule has 1 atom stereocenters. The van der Waals surface area contributed by atoms with E-state index in [1.807, 2.05) is 13.0 Å². The van der Waals surface area contributed by atoms with Crippen LogP contribution in [0.3, 0.4) is 0 Å². The summed E-state index contributed by atoms with van der Waals surface area (Å²) < 4.78 is 0. The Hall–Kier alpha value is -1.69. The molecule has 1 saturated heterocycles. The third-order valence-corrected chi connectivity index (χ3v) is 3.15. The summed E-state index contributed by atoms with van der Waals surface area (Å²) in [5.74, 6) is 1.01. The Morgan fingerprint density at radius 1 is 1.29 bits per heavy atom. The summed E-state index contributed by atoms with van der Waals surface area (Å²) in [6.45, 7) is 5.50. The highest BCUT2D eigenvalue weighted by atomic mass is 15.3. The lowest BCUT2D eigenvalue weighted by Crippen LogP contribution is -2.53. The standard InChI is InChI=1S/C11H18N6/c1-9(10(12)13)16-5-7-17(8-6-16)11-14-3-2-4-15-11/h2-4,9H,5-8H2,1H3,(H3,12,13). The molecule has 1 fully saturated rings. The quantitative estimate of drug-likeness (QED) is 0.565. The van der Waals surface area contributed by atoms with E-state index in [2.05, 4.69) is 19.8 Å². The van der Waals surface area contributed by atoms with Crippen molar-refractivity contribution in [3.63, 3.8) is 0 Å². The van der Waals surface area contributed by atoms with Crippen molar-refractivity contribution in [1.29, 1.82) is 5.41 Å². The van der Waals surface area contributed by atoms with Crippen molar-refractivity contribution in [2.75, 3.05) is 31.1 Å². The van der Waals surface area contributed by atoms with Gasteiger partial charge in [-0.25, -0.2) is 9.97 Å². The van der Waals surface area contributed by atoms with E-state index in [1.165, 1.54) is 0 Å². The summed E-state index contributed by atoms with van der Waals surface area (Å²) in [7, 11) is 0. The normalized spacial score (nSPS) is 19.0. The second-order valence-corrected chi connectivity index (χ2v) is 4.20. The number of nitrogens with zero attached hydrogens (tertiary/aromatic N) is 4. The molecule has 6 nitrogen and oxygen atoms in total. The zero-order valence-electron chi connectivity index (χ0n) is 10.0. The molecule has 1 unspecified atom stereocenters. The highest BCUT2D eigenvalue weighted by Gasteiger charge is 2.23. The first-order valence-electron chi connectivity index (χ1n) is 5.78. The highest BCUT2D eigenvalue weighted by molar-refractivity contribution is 5.82. The van der Waals surface area contributed by atoms with Crippen molar-refractivity contribution >= 4 is 11.8 Å². The van der Waals surface area contributed by atoms with Crippen molar-refractivity contribution in [1.82, 2.24) is 14.9 Å². The Labute approximate surface area is 101 Å². The Balaban J connectivity index is 1.93. The molecule has 1 aliphatic rings. The van der Waals surface area contributed by atoms with Gasteiger partial charge >= 0.3 is 0 Å². The predicted octanol–water partition coefficient (Wildman–Crippen LogP) is -0.0769. The van der Waals surface area contributed by atoms with Gasteiger partial charge < -0.3 is 10.6 Å². The number of amidine groups is 1. The maximum atomic E-state index is 7.45. The second-order valence-electron chi connectivity index (χ2n) is 4.20. The molecule has 17 heavy (non-hydrogen) atoms. The lowest BCUT2D eigenvalue weighted by atomic mass is 10.2. The smallest absolute Gasteiger partial charge is 0.225 e. The first-order chi connectivity index (χ1) is 8.18. The van der Waals surface area contributed by atoms with Crippen LogP contribution in [0.15, 0.2) is 18.5 Å². The second kappa shape index (κ2) is 5.09. The van der Waals surface area contributed by atoms with Gasteiger partial charge in [0.25, 0.3) is 0 Å². The van der Waals surface area contributed by atoms with Gasteiger partial charge in [-0.2, -0.15) is 0 Å². The Morgan fingerprint density at radius 2 is 1.88 bits per heavy atom. The lowest BCUT2D eigenvalue weighted by Gasteiger charge is -2.37. The number of anilines is 1. The van der Waals surface area contributed by atoms with Crippen LogP contribution in [0.25, 0.3) is 0 Å². The maximum Gasteiger partial charge on any atom is 0.225 e. The molecule has 6 heteroatoms. The summed E-state index contributed by atoms with van der Waals surface area (Å²) in [5, 5.41) is 7.45. The van der Waals surface area contributed by atoms with Crippen LogP contribution in [0.5, 0.6) is 0 Å². The van der Waals surface area contributed by atoms with Crippen molar-refractivity contribution in [3.05, 3.63) is 18.5 Å². The molecule has 2 heterocycles. The molecule has 1 aromatic heterocycles. The van der Waals surface area contributed by atoms with Gasteiger partial charge in [0.1, 0.15) is 5.84 Å². The average molecular weight is 234 g/mol. The molecule has 0 spiro atoms. The average Bonchev–Trinajstić information content (AvgIpc) is 2.39. The topological polar surface area (TPSA) is 82.1 Å². The van der Waals surface area contributed by atoms with Crippen LogP contribution in [0.4, 0.5) is 5.95 Å². The van der Waals surface area contributed by atoms with Gasteiger partial charge in [-0.15, -0.1) is 0 Å². The van der Waals surface area contributed by atoms with E-state index < -0.39 is 0 Å². The van der Waals surface area contributed by atoms with E-state index in [1.54, 1.807) is 12.4 Å². The molecule has 3 N–H and O–H groups in total. The fourth-order valence-corrected chi connectivity index (χ4v) is 1.96.